The zero-order chi connectivity index (χ0) is 13.7. The number of hydrogen-bond acceptors (Lipinski definition) is 5. The van der Waals surface area contributed by atoms with Crippen LogP contribution in [0.5, 0.6) is 0 Å². The van der Waals surface area contributed by atoms with Crippen molar-refractivity contribution in [2.24, 2.45) is 0 Å². The molecule has 0 bridgehead atoms. The molecule has 0 radical (unpaired) electrons. The standard InChI is InChI=1S/C12H21N3O4/c16-11(15-5-7-19-8-6-15)9-13-1-3-14(4-2-13)10-12(17)18/h1-10H2,(H,17,18). The van der Waals surface area contributed by atoms with Crippen LogP contribution < -0.4 is 0 Å². The van der Waals surface area contributed by atoms with Gasteiger partial charge in [-0.1, -0.05) is 0 Å². The molecule has 2 aliphatic rings. The Balaban J connectivity index is 1.69. The first-order valence-corrected chi connectivity index (χ1v) is 6.67. The molecule has 0 aromatic carbocycles. The van der Waals surface area contributed by atoms with Gasteiger partial charge in [0.15, 0.2) is 0 Å². The molecule has 0 saturated carbocycles. The number of carboxylic acids is 1. The van der Waals surface area contributed by atoms with Crippen LogP contribution in [0.1, 0.15) is 0 Å². The van der Waals surface area contributed by atoms with Gasteiger partial charge in [0.25, 0.3) is 0 Å². The minimum Gasteiger partial charge on any atom is -0.480 e. The second-order valence-corrected chi connectivity index (χ2v) is 4.94. The van der Waals surface area contributed by atoms with E-state index in [1.165, 1.54) is 0 Å². The van der Waals surface area contributed by atoms with Crippen molar-refractivity contribution in [3.63, 3.8) is 0 Å². The van der Waals surface area contributed by atoms with Crippen LogP contribution in [0.3, 0.4) is 0 Å². The maximum Gasteiger partial charge on any atom is 0.317 e. The van der Waals surface area contributed by atoms with Crippen molar-refractivity contribution in [1.29, 1.82) is 0 Å². The zero-order valence-corrected chi connectivity index (χ0v) is 11.1. The Morgan fingerprint density at radius 3 is 1.95 bits per heavy atom. The Morgan fingerprint density at radius 1 is 0.895 bits per heavy atom. The number of aliphatic carboxylic acids is 1. The van der Waals surface area contributed by atoms with E-state index in [0.717, 1.165) is 13.1 Å². The lowest BCUT2D eigenvalue weighted by Gasteiger charge is -2.35. The third-order valence-corrected chi connectivity index (χ3v) is 3.55. The van der Waals surface area contributed by atoms with E-state index in [1.54, 1.807) is 0 Å². The van der Waals surface area contributed by atoms with Crippen molar-refractivity contribution in [2.75, 3.05) is 65.6 Å². The number of amides is 1. The number of nitrogens with zero attached hydrogens (tertiary/aromatic N) is 3. The third kappa shape index (κ3) is 4.45. The number of piperazine rings is 1. The molecule has 0 atom stereocenters. The second-order valence-electron chi connectivity index (χ2n) is 4.94. The average molecular weight is 271 g/mol. The summed E-state index contributed by atoms with van der Waals surface area (Å²) in [5.74, 6) is -0.646. The number of carboxylic acid groups (broad SMARTS) is 1. The number of carbonyl (C=O) groups is 2. The number of carbonyl (C=O) groups excluding carboxylic acids is 1. The van der Waals surface area contributed by atoms with Gasteiger partial charge in [-0.2, -0.15) is 0 Å². The van der Waals surface area contributed by atoms with E-state index in [1.807, 2.05) is 9.80 Å². The highest BCUT2D eigenvalue weighted by Crippen LogP contribution is 2.04. The van der Waals surface area contributed by atoms with Crippen molar-refractivity contribution >= 4 is 11.9 Å². The predicted octanol–water partition coefficient (Wildman–Crippen LogP) is -1.45. The molecule has 7 nitrogen and oxygen atoms in total. The summed E-state index contributed by atoms with van der Waals surface area (Å²) in [6, 6.07) is 0. The minimum atomic E-state index is -0.794. The molecule has 0 unspecified atom stereocenters. The normalized spacial score (nSPS) is 22.4. The van der Waals surface area contributed by atoms with Gasteiger partial charge in [-0.05, 0) is 0 Å². The van der Waals surface area contributed by atoms with Gasteiger partial charge >= 0.3 is 5.97 Å². The lowest BCUT2D eigenvalue weighted by Crippen LogP contribution is -2.52. The molecular weight excluding hydrogens is 250 g/mol. The van der Waals surface area contributed by atoms with E-state index >= 15 is 0 Å². The van der Waals surface area contributed by atoms with Gasteiger partial charge in [-0.15, -0.1) is 0 Å². The monoisotopic (exact) mass is 271 g/mol. The molecule has 2 heterocycles. The molecule has 1 N–H and O–H groups in total. The van der Waals surface area contributed by atoms with Gasteiger partial charge < -0.3 is 14.7 Å². The third-order valence-electron chi connectivity index (χ3n) is 3.55. The van der Waals surface area contributed by atoms with E-state index < -0.39 is 5.97 Å². The van der Waals surface area contributed by atoms with Crippen LogP contribution in [0.25, 0.3) is 0 Å². The topological polar surface area (TPSA) is 73.3 Å². The summed E-state index contributed by atoms with van der Waals surface area (Å²) in [6.07, 6.45) is 0. The molecule has 0 aromatic rings. The SMILES string of the molecule is O=C(O)CN1CCN(CC(=O)N2CCOCC2)CC1. The summed E-state index contributed by atoms with van der Waals surface area (Å²) in [6.45, 7) is 6.05. The quantitative estimate of drug-likeness (QED) is 0.674. The van der Waals surface area contributed by atoms with Gasteiger partial charge in [-0.25, -0.2) is 0 Å². The largest absolute Gasteiger partial charge is 0.480 e. The molecule has 19 heavy (non-hydrogen) atoms. The second kappa shape index (κ2) is 6.83. The Morgan fingerprint density at radius 2 is 1.42 bits per heavy atom. The van der Waals surface area contributed by atoms with Gasteiger partial charge in [-0.3, -0.25) is 19.4 Å². The molecule has 2 saturated heterocycles. The van der Waals surface area contributed by atoms with Crippen LogP contribution in [0.15, 0.2) is 0 Å². The predicted molar refractivity (Wildman–Crippen MR) is 67.9 cm³/mol. The Hall–Kier alpha value is -1.18. The fourth-order valence-corrected chi connectivity index (χ4v) is 2.40. The van der Waals surface area contributed by atoms with Crippen LogP contribution >= 0.6 is 0 Å². The number of morpholine rings is 1. The van der Waals surface area contributed by atoms with E-state index in [-0.39, 0.29) is 12.5 Å². The zero-order valence-electron chi connectivity index (χ0n) is 11.1. The molecule has 2 rings (SSSR count). The molecule has 7 heteroatoms. The summed E-state index contributed by atoms with van der Waals surface area (Å²) in [7, 11) is 0. The van der Waals surface area contributed by atoms with Gasteiger partial charge in [0.1, 0.15) is 0 Å². The van der Waals surface area contributed by atoms with Crippen LogP contribution in [0, 0.1) is 0 Å². The average Bonchev–Trinajstić information content (AvgIpc) is 2.41. The molecule has 0 spiro atoms. The fraction of sp³-hybridized carbons (Fsp3) is 0.833. The molecular formula is C12H21N3O4. The summed E-state index contributed by atoms with van der Waals surface area (Å²) in [5.41, 5.74) is 0. The van der Waals surface area contributed by atoms with E-state index in [0.29, 0.717) is 45.9 Å². The first-order valence-electron chi connectivity index (χ1n) is 6.67. The molecule has 108 valence electrons. The molecule has 2 fully saturated rings. The van der Waals surface area contributed by atoms with Crippen LogP contribution in [-0.4, -0.2) is 97.3 Å². The number of ether oxygens (including phenoxy) is 1. The molecule has 0 aliphatic carbocycles. The summed E-state index contributed by atoms with van der Waals surface area (Å²) in [4.78, 5) is 28.5. The molecule has 0 aromatic heterocycles. The van der Waals surface area contributed by atoms with Crippen molar-refractivity contribution in [1.82, 2.24) is 14.7 Å². The first kappa shape index (κ1) is 14.2. The smallest absolute Gasteiger partial charge is 0.317 e. The summed E-state index contributed by atoms with van der Waals surface area (Å²) >= 11 is 0. The van der Waals surface area contributed by atoms with E-state index in [2.05, 4.69) is 4.90 Å². The molecule has 2 aliphatic heterocycles. The van der Waals surface area contributed by atoms with Crippen LogP contribution in [0.2, 0.25) is 0 Å². The molecule has 1 amide bonds. The van der Waals surface area contributed by atoms with Crippen molar-refractivity contribution in [3.8, 4) is 0 Å². The van der Waals surface area contributed by atoms with Gasteiger partial charge in [0.05, 0.1) is 26.3 Å². The number of rotatable bonds is 4. The van der Waals surface area contributed by atoms with E-state index in [4.69, 9.17) is 9.84 Å². The van der Waals surface area contributed by atoms with Crippen molar-refractivity contribution < 1.29 is 19.4 Å². The maximum absolute atomic E-state index is 12.0. The lowest BCUT2D eigenvalue weighted by atomic mass is 10.3. The summed E-state index contributed by atoms with van der Waals surface area (Å²) in [5, 5.41) is 8.72. The maximum atomic E-state index is 12.0. The highest BCUT2D eigenvalue weighted by atomic mass is 16.5. The lowest BCUT2D eigenvalue weighted by molar-refractivity contribution is -0.140. The first-order chi connectivity index (χ1) is 9.15. The van der Waals surface area contributed by atoms with Crippen LogP contribution in [0.4, 0.5) is 0 Å². The van der Waals surface area contributed by atoms with Gasteiger partial charge in [0.2, 0.25) is 5.91 Å². The van der Waals surface area contributed by atoms with E-state index in [9.17, 15) is 9.59 Å². The highest BCUT2D eigenvalue weighted by Gasteiger charge is 2.23. The Bertz CT molecular complexity index is 323. The minimum absolute atomic E-state index is 0.0885. The highest BCUT2D eigenvalue weighted by molar-refractivity contribution is 5.78. The summed E-state index contributed by atoms with van der Waals surface area (Å²) < 4.78 is 5.22. The number of hydrogen-bond donors (Lipinski definition) is 1. The van der Waals surface area contributed by atoms with Crippen molar-refractivity contribution in [3.05, 3.63) is 0 Å². The fourth-order valence-electron chi connectivity index (χ4n) is 2.40. The van der Waals surface area contributed by atoms with Crippen LogP contribution in [-0.2, 0) is 14.3 Å². The Kier molecular flexibility index (Phi) is 5.12. The Labute approximate surface area is 112 Å². The van der Waals surface area contributed by atoms with Gasteiger partial charge in [0, 0.05) is 39.3 Å². The van der Waals surface area contributed by atoms with Crippen molar-refractivity contribution in [2.45, 2.75) is 0 Å².